The normalized spacial score (nSPS) is 13.1. The average molecular weight is 282 g/mol. The predicted molar refractivity (Wildman–Crippen MR) is 77.8 cm³/mol. The number of allylic oxidation sites excluding steroid dienone is 3. The van der Waals surface area contributed by atoms with Crippen molar-refractivity contribution in [1.29, 1.82) is 0 Å². The van der Waals surface area contributed by atoms with Crippen LogP contribution >= 0.6 is 0 Å². The van der Waals surface area contributed by atoms with E-state index in [0.717, 1.165) is 5.70 Å². The molecule has 0 aliphatic heterocycles. The number of aliphatic imine (C=N–C) groups is 1. The Labute approximate surface area is 119 Å². The molecule has 0 aliphatic carbocycles. The minimum Gasteiger partial charge on any atom is -0.512 e. The quantitative estimate of drug-likeness (QED) is 0.232. The summed E-state index contributed by atoms with van der Waals surface area (Å²) in [6.07, 6.45) is 2.78. The Bertz CT molecular complexity index is 432. The molecular formula is C14H22N2O4. The monoisotopic (exact) mass is 282 g/mol. The second-order valence-corrected chi connectivity index (χ2v) is 4.12. The van der Waals surface area contributed by atoms with E-state index in [9.17, 15) is 14.7 Å². The number of hydrogen-bond donors (Lipinski definition) is 2. The fourth-order valence-electron chi connectivity index (χ4n) is 1.33. The van der Waals surface area contributed by atoms with Crippen molar-refractivity contribution in [2.24, 2.45) is 4.99 Å². The van der Waals surface area contributed by atoms with Gasteiger partial charge in [0, 0.05) is 18.5 Å². The van der Waals surface area contributed by atoms with Gasteiger partial charge in [-0.15, -0.1) is 0 Å². The number of ether oxygens (including phenoxy) is 1. The standard InChI is InChI=1S/C14H22N2O4/c1-5-20-14(19)13(12(4)18)9-15-6-7-16-10(2)8-11(3)17/h8-9,16,18H,5-7H2,1-4H3/b10-8?,13-12-,15-9?. The van der Waals surface area contributed by atoms with Crippen LogP contribution in [-0.4, -0.2) is 42.8 Å². The second kappa shape index (κ2) is 9.77. The minimum atomic E-state index is -0.600. The van der Waals surface area contributed by atoms with Gasteiger partial charge >= 0.3 is 5.97 Å². The number of rotatable bonds is 8. The van der Waals surface area contributed by atoms with E-state index in [-0.39, 0.29) is 23.7 Å². The molecule has 0 amide bonds. The van der Waals surface area contributed by atoms with Crippen molar-refractivity contribution in [3.8, 4) is 0 Å². The van der Waals surface area contributed by atoms with Crippen molar-refractivity contribution >= 4 is 18.0 Å². The molecule has 2 N–H and O–H groups in total. The largest absolute Gasteiger partial charge is 0.512 e. The van der Waals surface area contributed by atoms with Gasteiger partial charge in [0.2, 0.25) is 0 Å². The van der Waals surface area contributed by atoms with Crippen LogP contribution < -0.4 is 5.32 Å². The van der Waals surface area contributed by atoms with Gasteiger partial charge in [-0.25, -0.2) is 4.79 Å². The lowest BCUT2D eigenvalue weighted by molar-refractivity contribution is -0.138. The molecule has 6 heteroatoms. The van der Waals surface area contributed by atoms with E-state index in [2.05, 4.69) is 10.3 Å². The van der Waals surface area contributed by atoms with Gasteiger partial charge < -0.3 is 15.2 Å². The molecule has 0 unspecified atom stereocenters. The summed E-state index contributed by atoms with van der Waals surface area (Å²) in [6, 6.07) is 0. The van der Waals surface area contributed by atoms with E-state index in [0.29, 0.717) is 13.1 Å². The lowest BCUT2D eigenvalue weighted by atomic mass is 10.2. The summed E-state index contributed by atoms with van der Waals surface area (Å²) in [6.45, 7) is 7.51. The molecule has 0 atom stereocenters. The Morgan fingerprint density at radius 2 is 1.95 bits per heavy atom. The summed E-state index contributed by atoms with van der Waals surface area (Å²) in [5.74, 6) is -0.758. The molecule has 112 valence electrons. The molecule has 0 aromatic carbocycles. The average Bonchev–Trinajstić information content (AvgIpc) is 2.32. The van der Waals surface area contributed by atoms with E-state index in [4.69, 9.17) is 4.74 Å². The number of nitrogens with one attached hydrogen (secondary N) is 1. The molecule has 20 heavy (non-hydrogen) atoms. The highest BCUT2D eigenvalue weighted by Gasteiger charge is 2.11. The zero-order valence-corrected chi connectivity index (χ0v) is 12.4. The molecule has 6 nitrogen and oxygen atoms in total. The topological polar surface area (TPSA) is 88.0 Å². The van der Waals surface area contributed by atoms with Gasteiger partial charge in [0.05, 0.1) is 13.2 Å². The zero-order valence-electron chi connectivity index (χ0n) is 12.4. The highest BCUT2D eigenvalue weighted by atomic mass is 16.5. The first-order valence-corrected chi connectivity index (χ1v) is 6.38. The van der Waals surface area contributed by atoms with Crippen molar-refractivity contribution in [3.05, 3.63) is 23.1 Å². The fourth-order valence-corrected chi connectivity index (χ4v) is 1.33. The Morgan fingerprint density at radius 1 is 1.30 bits per heavy atom. The third-order valence-corrected chi connectivity index (χ3v) is 2.17. The molecule has 0 saturated heterocycles. The molecule has 0 aromatic heterocycles. The summed E-state index contributed by atoms with van der Waals surface area (Å²) < 4.78 is 4.79. The highest BCUT2D eigenvalue weighted by molar-refractivity contribution is 6.09. The number of aliphatic hydroxyl groups is 1. The van der Waals surface area contributed by atoms with Crippen LogP contribution in [0.2, 0.25) is 0 Å². The van der Waals surface area contributed by atoms with Gasteiger partial charge in [-0.3, -0.25) is 9.79 Å². The summed E-state index contributed by atoms with van der Waals surface area (Å²) in [7, 11) is 0. The number of nitrogens with zero attached hydrogens (tertiary/aromatic N) is 1. The number of aliphatic hydroxyl groups excluding tert-OH is 1. The van der Waals surface area contributed by atoms with Crippen molar-refractivity contribution in [2.45, 2.75) is 27.7 Å². The number of carbonyl (C=O) groups is 2. The van der Waals surface area contributed by atoms with Gasteiger partial charge in [0.25, 0.3) is 0 Å². The maximum Gasteiger partial charge on any atom is 0.343 e. The van der Waals surface area contributed by atoms with Crippen molar-refractivity contribution in [3.63, 3.8) is 0 Å². The lowest BCUT2D eigenvalue weighted by Crippen LogP contribution is -2.16. The Kier molecular flexibility index (Phi) is 8.74. The zero-order chi connectivity index (χ0) is 15.5. The van der Waals surface area contributed by atoms with Gasteiger partial charge in [0.1, 0.15) is 11.3 Å². The summed E-state index contributed by atoms with van der Waals surface area (Å²) in [4.78, 5) is 26.3. The summed E-state index contributed by atoms with van der Waals surface area (Å²) in [5, 5.41) is 12.4. The molecule has 0 fully saturated rings. The Morgan fingerprint density at radius 3 is 2.45 bits per heavy atom. The molecule has 0 heterocycles. The van der Waals surface area contributed by atoms with E-state index >= 15 is 0 Å². The van der Waals surface area contributed by atoms with Gasteiger partial charge in [-0.2, -0.15) is 0 Å². The van der Waals surface area contributed by atoms with Crippen molar-refractivity contribution in [2.75, 3.05) is 19.7 Å². The summed E-state index contributed by atoms with van der Waals surface area (Å²) in [5.41, 5.74) is 0.801. The maximum atomic E-state index is 11.5. The Balaban J connectivity index is 4.32. The molecule has 0 bridgehead atoms. The predicted octanol–water partition coefficient (Wildman–Crippen LogP) is 1.53. The minimum absolute atomic E-state index is 0.0260. The van der Waals surface area contributed by atoms with Crippen LogP contribution in [0.15, 0.2) is 28.1 Å². The third kappa shape index (κ3) is 8.07. The van der Waals surface area contributed by atoms with Crippen LogP contribution in [0, 0.1) is 0 Å². The molecular weight excluding hydrogens is 260 g/mol. The first kappa shape index (κ1) is 17.9. The van der Waals surface area contributed by atoms with Crippen LogP contribution in [0.1, 0.15) is 27.7 Å². The van der Waals surface area contributed by atoms with E-state index < -0.39 is 5.97 Å². The number of hydrogen-bond acceptors (Lipinski definition) is 6. The van der Waals surface area contributed by atoms with Crippen LogP contribution in [-0.2, 0) is 14.3 Å². The number of esters is 1. The van der Waals surface area contributed by atoms with E-state index in [1.54, 1.807) is 13.8 Å². The SMILES string of the molecule is CCOC(=O)/C(C=NCCNC(C)=CC(C)=O)=C(/C)O. The second-order valence-electron chi connectivity index (χ2n) is 4.12. The third-order valence-electron chi connectivity index (χ3n) is 2.17. The summed E-state index contributed by atoms with van der Waals surface area (Å²) >= 11 is 0. The van der Waals surface area contributed by atoms with Crippen molar-refractivity contribution < 1.29 is 19.4 Å². The lowest BCUT2D eigenvalue weighted by Gasteiger charge is -2.04. The number of carbonyl (C=O) groups excluding carboxylic acids is 2. The smallest absolute Gasteiger partial charge is 0.343 e. The highest BCUT2D eigenvalue weighted by Crippen LogP contribution is 2.01. The maximum absolute atomic E-state index is 11.5. The van der Waals surface area contributed by atoms with Crippen LogP contribution in [0.3, 0.4) is 0 Å². The molecule has 0 saturated carbocycles. The van der Waals surface area contributed by atoms with Crippen LogP contribution in [0.25, 0.3) is 0 Å². The van der Waals surface area contributed by atoms with Crippen LogP contribution in [0.4, 0.5) is 0 Å². The van der Waals surface area contributed by atoms with E-state index in [1.807, 2.05) is 0 Å². The molecule has 0 rings (SSSR count). The van der Waals surface area contributed by atoms with Gasteiger partial charge in [-0.1, -0.05) is 0 Å². The fraction of sp³-hybridized carbons (Fsp3) is 0.500. The number of ketones is 1. The Hall–Kier alpha value is -2.11. The first-order chi connectivity index (χ1) is 9.38. The van der Waals surface area contributed by atoms with Gasteiger partial charge in [0.15, 0.2) is 5.78 Å². The van der Waals surface area contributed by atoms with E-state index in [1.165, 1.54) is 26.1 Å². The van der Waals surface area contributed by atoms with Crippen LogP contribution in [0.5, 0.6) is 0 Å². The van der Waals surface area contributed by atoms with Gasteiger partial charge in [-0.05, 0) is 33.8 Å². The molecule has 0 spiro atoms. The molecule has 0 aromatic rings. The molecule has 0 radical (unpaired) electrons. The molecule has 0 aliphatic rings. The first-order valence-electron chi connectivity index (χ1n) is 6.38. The van der Waals surface area contributed by atoms with Crippen molar-refractivity contribution in [1.82, 2.24) is 5.32 Å².